The van der Waals surface area contributed by atoms with E-state index >= 15 is 0 Å². The Labute approximate surface area is 131 Å². The number of nitrogens with zero attached hydrogens (tertiary/aromatic N) is 1. The molecular weight excluding hydrogens is 310 g/mol. The number of rotatable bonds is 5. The van der Waals surface area contributed by atoms with Gasteiger partial charge >= 0.3 is 0 Å². The predicted octanol–water partition coefficient (Wildman–Crippen LogP) is 1.99. The molecule has 0 spiro atoms. The Hall–Kier alpha value is -0.820. The first-order valence-electron chi connectivity index (χ1n) is 7.10. The lowest BCUT2D eigenvalue weighted by molar-refractivity contribution is 0.260. The smallest absolute Gasteiger partial charge is 0.242 e. The van der Waals surface area contributed by atoms with Crippen molar-refractivity contribution in [1.29, 1.82) is 0 Å². The van der Waals surface area contributed by atoms with Gasteiger partial charge in [0.05, 0.1) is 5.02 Å². The number of halogens is 1. The summed E-state index contributed by atoms with van der Waals surface area (Å²) in [6.45, 7) is 6.24. The molecule has 7 heteroatoms. The molecule has 1 aliphatic heterocycles. The lowest BCUT2D eigenvalue weighted by Crippen LogP contribution is -2.40. The van der Waals surface area contributed by atoms with Crippen LogP contribution in [0.15, 0.2) is 17.0 Å². The maximum atomic E-state index is 12.4. The minimum absolute atomic E-state index is 0.0425. The third-order valence-electron chi connectivity index (χ3n) is 3.94. The van der Waals surface area contributed by atoms with E-state index in [0.717, 1.165) is 18.7 Å². The van der Waals surface area contributed by atoms with Gasteiger partial charge < -0.3 is 5.73 Å². The molecule has 1 fully saturated rings. The molecule has 0 bridgehead atoms. The van der Waals surface area contributed by atoms with Gasteiger partial charge in [0.25, 0.3) is 0 Å². The van der Waals surface area contributed by atoms with E-state index < -0.39 is 10.0 Å². The molecule has 21 heavy (non-hydrogen) atoms. The van der Waals surface area contributed by atoms with Crippen LogP contribution >= 0.6 is 11.6 Å². The Morgan fingerprint density at radius 2 is 2.00 bits per heavy atom. The normalized spacial score (nSPS) is 18.0. The van der Waals surface area contributed by atoms with Gasteiger partial charge in [0.15, 0.2) is 0 Å². The summed E-state index contributed by atoms with van der Waals surface area (Å²) in [6.07, 6.45) is 2.36. The number of hydrogen-bond acceptors (Lipinski definition) is 4. The molecule has 1 aromatic rings. The first-order valence-corrected chi connectivity index (χ1v) is 8.96. The fourth-order valence-electron chi connectivity index (χ4n) is 2.49. The molecule has 0 amide bonds. The number of sulfonamides is 1. The highest BCUT2D eigenvalue weighted by molar-refractivity contribution is 7.89. The first-order chi connectivity index (χ1) is 9.81. The lowest BCUT2D eigenvalue weighted by Gasteiger charge is -2.24. The summed E-state index contributed by atoms with van der Waals surface area (Å²) in [5.41, 5.74) is 6.97. The molecule has 118 valence electrons. The number of benzene rings is 1. The molecule has 0 aromatic heterocycles. The van der Waals surface area contributed by atoms with E-state index in [1.54, 1.807) is 13.0 Å². The maximum Gasteiger partial charge on any atom is 0.242 e. The molecular formula is C14H22ClN3O2S. The van der Waals surface area contributed by atoms with E-state index in [1.165, 1.54) is 18.9 Å². The first kappa shape index (κ1) is 16.5. The number of nitrogens with two attached hydrogens (primary N) is 1. The Balaban J connectivity index is 2.09. The zero-order valence-corrected chi connectivity index (χ0v) is 14.0. The SMILES string of the molecule is Cc1cc(Cl)c(S(=O)(=O)NCC(C)N2CCCC2)cc1N. The average molecular weight is 332 g/mol. The quantitative estimate of drug-likeness (QED) is 0.809. The highest BCUT2D eigenvalue weighted by atomic mass is 35.5. The Morgan fingerprint density at radius 1 is 1.38 bits per heavy atom. The molecule has 1 aromatic carbocycles. The minimum Gasteiger partial charge on any atom is -0.398 e. The van der Waals surface area contributed by atoms with Gasteiger partial charge in [0, 0.05) is 18.3 Å². The molecule has 1 heterocycles. The topological polar surface area (TPSA) is 75.4 Å². The highest BCUT2D eigenvalue weighted by Crippen LogP contribution is 2.26. The average Bonchev–Trinajstić information content (AvgIpc) is 2.94. The molecule has 1 aliphatic rings. The van der Waals surface area contributed by atoms with E-state index in [1.807, 2.05) is 6.92 Å². The van der Waals surface area contributed by atoms with Crippen LogP contribution in [-0.2, 0) is 10.0 Å². The van der Waals surface area contributed by atoms with Gasteiger partial charge in [0.2, 0.25) is 10.0 Å². The Kier molecular flexibility index (Phi) is 5.14. The monoisotopic (exact) mass is 331 g/mol. The molecule has 5 nitrogen and oxygen atoms in total. The fraction of sp³-hybridized carbons (Fsp3) is 0.571. The van der Waals surface area contributed by atoms with Crippen LogP contribution in [0.5, 0.6) is 0 Å². The van der Waals surface area contributed by atoms with Gasteiger partial charge in [0.1, 0.15) is 4.90 Å². The van der Waals surface area contributed by atoms with Crippen LogP contribution < -0.4 is 10.5 Å². The van der Waals surface area contributed by atoms with Gasteiger partial charge in [-0.15, -0.1) is 0 Å². The van der Waals surface area contributed by atoms with Crippen LogP contribution in [0.2, 0.25) is 5.02 Å². The standard InChI is InChI=1S/C14H22ClN3O2S/c1-10-7-12(15)14(8-13(10)16)21(19,20)17-9-11(2)18-5-3-4-6-18/h7-8,11,17H,3-6,9,16H2,1-2H3. The molecule has 0 saturated carbocycles. The summed E-state index contributed by atoms with van der Waals surface area (Å²) >= 11 is 6.04. The zero-order chi connectivity index (χ0) is 15.6. The summed E-state index contributed by atoms with van der Waals surface area (Å²) < 4.78 is 27.4. The van der Waals surface area contributed by atoms with Crippen LogP contribution in [0.1, 0.15) is 25.3 Å². The van der Waals surface area contributed by atoms with E-state index in [-0.39, 0.29) is 16.0 Å². The fourth-order valence-corrected chi connectivity index (χ4v) is 4.23. The van der Waals surface area contributed by atoms with Crippen LogP contribution in [0, 0.1) is 6.92 Å². The summed E-state index contributed by atoms with van der Waals surface area (Å²) in [7, 11) is -3.64. The third kappa shape index (κ3) is 3.88. The van der Waals surface area contributed by atoms with E-state index in [9.17, 15) is 8.42 Å². The largest absolute Gasteiger partial charge is 0.398 e. The summed E-state index contributed by atoms with van der Waals surface area (Å²) in [5, 5.41) is 0.197. The molecule has 1 atom stereocenters. The van der Waals surface area contributed by atoms with Crippen molar-refractivity contribution >= 4 is 27.3 Å². The number of nitrogens with one attached hydrogen (secondary N) is 1. The second kappa shape index (κ2) is 6.52. The van der Waals surface area contributed by atoms with Crippen molar-refractivity contribution in [3.63, 3.8) is 0 Å². The second-order valence-corrected chi connectivity index (χ2v) is 7.73. The van der Waals surface area contributed by atoms with Gasteiger partial charge in [-0.2, -0.15) is 0 Å². The zero-order valence-electron chi connectivity index (χ0n) is 12.4. The van der Waals surface area contributed by atoms with Gasteiger partial charge in [-0.05, 0) is 57.5 Å². The Morgan fingerprint density at radius 3 is 2.62 bits per heavy atom. The summed E-state index contributed by atoms with van der Waals surface area (Å²) in [6, 6.07) is 3.17. The number of nitrogen functional groups attached to an aromatic ring is 1. The highest BCUT2D eigenvalue weighted by Gasteiger charge is 2.23. The predicted molar refractivity (Wildman–Crippen MR) is 86.1 cm³/mol. The van der Waals surface area contributed by atoms with Crippen molar-refractivity contribution in [2.24, 2.45) is 0 Å². The van der Waals surface area contributed by atoms with Crippen molar-refractivity contribution in [3.8, 4) is 0 Å². The van der Waals surface area contributed by atoms with Crippen molar-refractivity contribution in [1.82, 2.24) is 9.62 Å². The molecule has 3 N–H and O–H groups in total. The van der Waals surface area contributed by atoms with Gasteiger partial charge in [-0.3, -0.25) is 4.90 Å². The van der Waals surface area contributed by atoms with Crippen LogP contribution in [0.3, 0.4) is 0 Å². The summed E-state index contributed by atoms with van der Waals surface area (Å²) in [4.78, 5) is 2.33. The molecule has 2 rings (SSSR count). The van der Waals surface area contributed by atoms with Crippen molar-refractivity contribution < 1.29 is 8.42 Å². The second-order valence-electron chi connectivity index (χ2n) is 5.58. The number of anilines is 1. The van der Waals surface area contributed by atoms with E-state index in [4.69, 9.17) is 17.3 Å². The number of aryl methyl sites for hydroxylation is 1. The van der Waals surface area contributed by atoms with Crippen LogP contribution in [0.25, 0.3) is 0 Å². The maximum absolute atomic E-state index is 12.4. The Bertz CT molecular complexity index is 613. The van der Waals surface area contributed by atoms with E-state index in [2.05, 4.69) is 9.62 Å². The molecule has 1 saturated heterocycles. The van der Waals surface area contributed by atoms with Crippen molar-refractivity contribution in [2.45, 2.75) is 37.6 Å². The third-order valence-corrected chi connectivity index (χ3v) is 5.83. The lowest BCUT2D eigenvalue weighted by atomic mass is 10.2. The molecule has 0 aliphatic carbocycles. The van der Waals surface area contributed by atoms with Crippen LogP contribution in [-0.4, -0.2) is 39.0 Å². The van der Waals surface area contributed by atoms with Crippen molar-refractivity contribution in [2.75, 3.05) is 25.4 Å². The van der Waals surface area contributed by atoms with Gasteiger partial charge in [-0.25, -0.2) is 13.1 Å². The molecule has 1 unspecified atom stereocenters. The summed E-state index contributed by atoms with van der Waals surface area (Å²) in [5.74, 6) is 0. The molecule has 0 radical (unpaired) electrons. The van der Waals surface area contributed by atoms with Crippen LogP contribution in [0.4, 0.5) is 5.69 Å². The minimum atomic E-state index is -3.64. The van der Waals surface area contributed by atoms with Crippen molar-refractivity contribution in [3.05, 3.63) is 22.7 Å². The van der Waals surface area contributed by atoms with Gasteiger partial charge in [-0.1, -0.05) is 11.6 Å². The van der Waals surface area contributed by atoms with E-state index in [0.29, 0.717) is 12.2 Å². The number of hydrogen-bond donors (Lipinski definition) is 2. The number of likely N-dealkylation sites (tertiary alicyclic amines) is 1.